The number of phosphoric acid groups is 1. The standard InChI is InChI=1S/C40H71N12O13PS/c1-22(2)19-30(36(57)49-29(39(60)61)11-8-18-46-40(44)45)51-38(59)32(23(3)65-66(62,63)64)52-35(56)28(10-5-7-17-42)48-37(58)31(20-24-12-14-25(53)15-13-24)50-34(55)27(9-4-6-16-41)47-33(54)26(43)21-67/h12-15,22-23,26-32,53,67H,4-11,16-21,41-43H2,1-3H3,(H,47,54)(H,48,58)(H,49,57)(H,50,55)(H,51,59)(H,52,56)(H,60,61)(H4,44,45,46)(H2,62,63,64)/t23-,26+,27+,28+,29+,30+,31+,32+/m1/s1. The number of aromatic hydroxyl groups is 1. The number of rotatable bonds is 33. The van der Waals surface area contributed by atoms with Crippen LogP contribution in [0.25, 0.3) is 0 Å². The Kier molecular flexibility index (Phi) is 27.8. The van der Waals surface area contributed by atoms with Gasteiger partial charge in [-0.15, -0.1) is 0 Å². The molecule has 67 heavy (non-hydrogen) atoms. The normalized spacial score (nSPS) is 15.0. The van der Waals surface area contributed by atoms with Crippen LogP contribution in [0.2, 0.25) is 0 Å². The Morgan fingerprint density at radius 3 is 1.64 bits per heavy atom. The van der Waals surface area contributed by atoms with Crippen molar-refractivity contribution in [3.63, 3.8) is 0 Å². The maximum absolute atomic E-state index is 14.2. The van der Waals surface area contributed by atoms with Crippen molar-refractivity contribution in [2.75, 3.05) is 25.4 Å². The first-order valence-corrected chi connectivity index (χ1v) is 24.0. The van der Waals surface area contributed by atoms with E-state index in [0.29, 0.717) is 31.4 Å². The molecule has 380 valence electrons. The highest BCUT2D eigenvalue weighted by atomic mass is 32.1. The number of guanidine groups is 1. The van der Waals surface area contributed by atoms with Crippen LogP contribution in [0.1, 0.15) is 84.1 Å². The molecule has 0 aromatic heterocycles. The van der Waals surface area contributed by atoms with E-state index in [1.54, 1.807) is 13.8 Å². The van der Waals surface area contributed by atoms with Crippen molar-refractivity contribution < 1.29 is 62.7 Å². The first kappa shape index (κ1) is 59.9. The van der Waals surface area contributed by atoms with Gasteiger partial charge < -0.3 is 80.6 Å². The zero-order valence-corrected chi connectivity index (χ0v) is 39.9. The van der Waals surface area contributed by atoms with Gasteiger partial charge in [0.25, 0.3) is 0 Å². The molecule has 1 aromatic rings. The molecule has 0 saturated carbocycles. The van der Waals surface area contributed by atoms with Gasteiger partial charge in [0.15, 0.2) is 5.96 Å². The number of unbranched alkanes of at least 4 members (excludes halogenated alkanes) is 2. The zero-order valence-electron chi connectivity index (χ0n) is 38.1. The van der Waals surface area contributed by atoms with E-state index >= 15 is 0 Å². The lowest BCUT2D eigenvalue weighted by Crippen LogP contribution is -2.62. The Hall–Kier alpha value is -5.08. The van der Waals surface area contributed by atoms with Crippen molar-refractivity contribution in [1.82, 2.24) is 31.9 Å². The van der Waals surface area contributed by atoms with Crippen LogP contribution in [0.3, 0.4) is 0 Å². The lowest BCUT2D eigenvalue weighted by atomic mass is 10.0. The summed E-state index contributed by atoms with van der Waals surface area (Å²) in [5, 5.41) is 34.7. The van der Waals surface area contributed by atoms with E-state index in [-0.39, 0.29) is 81.4 Å². The highest BCUT2D eigenvalue weighted by molar-refractivity contribution is 7.80. The smallest absolute Gasteiger partial charge is 0.469 e. The Morgan fingerprint density at radius 2 is 1.15 bits per heavy atom. The lowest BCUT2D eigenvalue weighted by Gasteiger charge is -2.30. The molecular weight excluding hydrogens is 920 g/mol. The number of hydrogen-bond acceptors (Lipinski definition) is 15. The quantitative estimate of drug-likeness (QED) is 0.0110. The fraction of sp³-hybridized carbons (Fsp3) is 0.650. The summed E-state index contributed by atoms with van der Waals surface area (Å²) in [6.45, 7) is 5.03. The molecule has 0 heterocycles. The summed E-state index contributed by atoms with van der Waals surface area (Å²) in [5.74, 6) is -7.50. The Morgan fingerprint density at radius 1 is 0.687 bits per heavy atom. The molecule has 1 rings (SSSR count). The van der Waals surface area contributed by atoms with E-state index < -0.39 is 97.6 Å². The first-order valence-electron chi connectivity index (χ1n) is 21.8. The zero-order chi connectivity index (χ0) is 50.9. The van der Waals surface area contributed by atoms with Crippen LogP contribution in [0, 0.1) is 5.92 Å². The van der Waals surface area contributed by atoms with E-state index in [4.69, 9.17) is 33.2 Å². The third kappa shape index (κ3) is 24.5. The van der Waals surface area contributed by atoms with Crippen molar-refractivity contribution in [3.05, 3.63) is 29.8 Å². The highest BCUT2D eigenvalue weighted by Crippen LogP contribution is 2.38. The van der Waals surface area contributed by atoms with Gasteiger partial charge in [-0.1, -0.05) is 26.0 Å². The number of aliphatic imine (C=N–C) groups is 1. The summed E-state index contributed by atoms with van der Waals surface area (Å²) in [6.07, 6.45) is -0.426. The average molecular weight is 991 g/mol. The topological polar surface area (TPSA) is 441 Å². The fourth-order valence-electron chi connectivity index (χ4n) is 6.43. The molecule has 0 saturated heterocycles. The molecule has 0 aliphatic heterocycles. The molecular formula is C40H71N12O13PS. The van der Waals surface area contributed by atoms with Gasteiger partial charge in [0, 0.05) is 18.7 Å². The predicted octanol–water partition coefficient (Wildman–Crippen LogP) is -2.96. The largest absolute Gasteiger partial charge is 0.508 e. The van der Waals surface area contributed by atoms with Crippen LogP contribution in [-0.4, -0.2) is 141 Å². The summed E-state index contributed by atoms with van der Waals surface area (Å²) < 4.78 is 16.8. The molecule has 0 fully saturated rings. The molecule has 0 spiro atoms. The van der Waals surface area contributed by atoms with E-state index in [2.05, 4.69) is 49.5 Å². The Bertz CT molecular complexity index is 1840. The fourth-order valence-corrected chi connectivity index (χ4v) is 7.15. The molecule has 1 aromatic carbocycles. The lowest BCUT2D eigenvalue weighted by molar-refractivity contribution is -0.142. The van der Waals surface area contributed by atoms with Gasteiger partial charge in [0.05, 0.1) is 12.1 Å². The number of aliphatic carboxylic acids is 1. The molecule has 8 atom stereocenters. The Balaban J connectivity index is 3.62. The van der Waals surface area contributed by atoms with Gasteiger partial charge in [-0.2, -0.15) is 12.6 Å². The number of carbonyl (C=O) groups is 7. The third-order valence-corrected chi connectivity index (χ3v) is 11.0. The second-order valence-electron chi connectivity index (χ2n) is 16.2. The van der Waals surface area contributed by atoms with Crippen LogP contribution in [0.15, 0.2) is 29.3 Å². The molecule has 27 heteroatoms. The van der Waals surface area contributed by atoms with Gasteiger partial charge in [-0.3, -0.25) is 38.3 Å². The SMILES string of the molecule is CC(C)C[C@H](NC(=O)[C@@H](NC(=O)[C@H](CCCCN)NC(=O)[C@H](Cc1ccc(O)cc1)NC(=O)[C@H](CCCCN)NC(=O)[C@@H](N)CS)[C@@H](C)OP(=O)(O)O)C(=O)N[C@@H](CCCN=C(N)N)C(=O)O. The molecule has 6 amide bonds. The highest BCUT2D eigenvalue weighted by Gasteiger charge is 2.38. The number of carboxylic acids is 1. The summed E-state index contributed by atoms with van der Waals surface area (Å²) in [7, 11) is -5.33. The number of phenolic OH excluding ortho intramolecular Hbond substituents is 1. The second kappa shape index (κ2) is 31.1. The van der Waals surface area contributed by atoms with Crippen molar-refractivity contribution in [1.29, 1.82) is 0 Å². The summed E-state index contributed by atoms with van der Waals surface area (Å²) in [4.78, 5) is 118. The first-order chi connectivity index (χ1) is 31.4. The maximum Gasteiger partial charge on any atom is 0.469 e. The van der Waals surface area contributed by atoms with E-state index in [1.807, 2.05) is 0 Å². The number of amides is 6. The molecule has 0 radical (unpaired) electrons. The number of carbonyl (C=O) groups excluding carboxylic acids is 6. The third-order valence-electron chi connectivity index (χ3n) is 9.96. The minimum absolute atomic E-state index is 0.0279. The summed E-state index contributed by atoms with van der Waals surface area (Å²) in [6, 6.07) is -4.26. The second-order valence-corrected chi connectivity index (χ2v) is 17.8. The van der Waals surface area contributed by atoms with Crippen molar-refractivity contribution in [3.8, 4) is 5.75 Å². The number of hydrogen-bond donors (Lipinski definition) is 16. The number of benzene rings is 1. The van der Waals surface area contributed by atoms with E-state index in [0.717, 1.165) is 6.92 Å². The van der Waals surface area contributed by atoms with Crippen LogP contribution in [-0.2, 0) is 49.1 Å². The van der Waals surface area contributed by atoms with Crippen LogP contribution < -0.4 is 60.6 Å². The van der Waals surface area contributed by atoms with E-state index in [9.17, 15) is 58.1 Å². The monoisotopic (exact) mass is 990 g/mol. The number of nitrogens with one attached hydrogen (secondary N) is 6. The maximum atomic E-state index is 14.2. The summed E-state index contributed by atoms with van der Waals surface area (Å²) >= 11 is 4.05. The van der Waals surface area contributed by atoms with Crippen LogP contribution in [0.4, 0.5) is 0 Å². The van der Waals surface area contributed by atoms with Crippen molar-refractivity contribution in [2.24, 2.45) is 39.6 Å². The predicted molar refractivity (Wildman–Crippen MR) is 251 cm³/mol. The number of carboxylic acid groups (broad SMARTS) is 1. The number of nitrogens with zero attached hydrogens (tertiary/aromatic N) is 1. The number of phosphoric ester groups is 1. The molecule has 20 N–H and O–H groups in total. The molecule has 25 nitrogen and oxygen atoms in total. The minimum atomic E-state index is -5.33. The molecule has 0 unspecified atom stereocenters. The van der Waals surface area contributed by atoms with E-state index in [1.165, 1.54) is 24.3 Å². The van der Waals surface area contributed by atoms with Gasteiger partial charge >= 0.3 is 13.8 Å². The number of phenols is 1. The van der Waals surface area contributed by atoms with Crippen LogP contribution >= 0.6 is 20.5 Å². The minimum Gasteiger partial charge on any atom is -0.508 e. The van der Waals surface area contributed by atoms with Gasteiger partial charge in [-0.05, 0) is 101 Å². The summed E-state index contributed by atoms with van der Waals surface area (Å²) in [5.41, 5.74) is 28.3. The van der Waals surface area contributed by atoms with Gasteiger partial charge in [-0.25, -0.2) is 9.36 Å². The van der Waals surface area contributed by atoms with Crippen molar-refractivity contribution >= 4 is 67.8 Å². The number of thiol groups is 1. The van der Waals surface area contributed by atoms with Gasteiger partial charge in [0.2, 0.25) is 35.4 Å². The number of nitrogens with two attached hydrogens (primary N) is 5. The molecule has 0 aliphatic rings. The molecule has 0 aliphatic carbocycles. The van der Waals surface area contributed by atoms with Crippen molar-refractivity contribution in [2.45, 2.75) is 133 Å². The molecule has 0 bridgehead atoms. The van der Waals surface area contributed by atoms with Crippen LogP contribution in [0.5, 0.6) is 5.75 Å². The average Bonchev–Trinajstić information content (AvgIpc) is 3.24. The Labute approximate surface area is 395 Å². The van der Waals surface area contributed by atoms with Gasteiger partial charge in [0.1, 0.15) is 42.0 Å².